The van der Waals surface area contributed by atoms with Gasteiger partial charge in [0.25, 0.3) is 10.0 Å². The summed E-state index contributed by atoms with van der Waals surface area (Å²) in [6.45, 7) is 3.98. The fourth-order valence-electron chi connectivity index (χ4n) is 4.35. The van der Waals surface area contributed by atoms with Gasteiger partial charge in [0.05, 0.1) is 10.4 Å². The van der Waals surface area contributed by atoms with E-state index in [-0.39, 0.29) is 16.6 Å². The first-order valence-electron chi connectivity index (χ1n) is 11.1. The number of anilines is 2. The van der Waals surface area contributed by atoms with Crippen LogP contribution in [0.25, 0.3) is 10.9 Å². The van der Waals surface area contributed by atoms with Crippen molar-refractivity contribution in [3.05, 3.63) is 72.1 Å². The van der Waals surface area contributed by atoms with Crippen LogP contribution in [0, 0.1) is 5.82 Å². The lowest BCUT2D eigenvalue weighted by Crippen LogP contribution is -2.50. The summed E-state index contributed by atoms with van der Waals surface area (Å²) in [6, 6.07) is 12.8. The zero-order valence-corrected chi connectivity index (χ0v) is 20.6. The van der Waals surface area contributed by atoms with Gasteiger partial charge < -0.3 is 14.4 Å². The maximum atomic E-state index is 14.1. The minimum Gasteiger partial charge on any atom is -0.368 e. The number of nitrogens with zero attached hydrogens (tertiary/aromatic N) is 4. The van der Waals surface area contributed by atoms with Crippen LogP contribution in [0.1, 0.15) is 13.0 Å². The average Bonchev–Trinajstić information content (AvgIpc) is 3.54. The van der Waals surface area contributed by atoms with Gasteiger partial charge >= 0.3 is 0 Å². The number of halogens is 1. The second kappa shape index (κ2) is 9.31. The van der Waals surface area contributed by atoms with Gasteiger partial charge in [-0.05, 0) is 43.3 Å². The number of fused-ring (bicyclic) bond motifs is 1. The van der Waals surface area contributed by atoms with E-state index < -0.39 is 16.1 Å². The summed E-state index contributed by atoms with van der Waals surface area (Å²) in [5, 5.41) is 2.51. The molecule has 1 aliphatic rings. The molecule has 182 valence electrons. The quantitative estimate of drug-likeness (QED) is 0.422. The van der Waals surface area contributed by atoms with Gasteiger partial charge in [0.1, 0.15) is 11.9 Å². The van der Waals surface area contributed by atoms with Gasteiger partial charge in [-0.15, -0.1) is 11.3 Å². The van der Waals surface area contributed by atoms with E-state index >= 15 is 0 Å². The van der Waals surface area contributed by atoms with E-state index in [1.165, 1.54) is 23.6 Å². The number of aromatic nitrogens is 2. The van der Waals surface area contributed by atoms with Gasteiger partial charge in [-0.3, -0.25) is 9.52 Å². The molecule has 5 rings (SSSR count). The number of thiazole rings is 1. The Kier molecular flexibility index (Phi) is 6.20. The van der Waals surface area contributed by atoms with Crippen LogP contribution in [0.4, 0.5) is 15.2 Å². The Morgan fingerprint density at radius 3 is 2.63 bits per heavy atom. The van der Waals surface area contributed by atoms with Crippen LogP contribution in [0.5, 0.6) is 0 Å². The molecular formula is C24H24FN5O3S2. The van der Waals surface area contributed by atoms with Crippen LogP contribution >= 0.6 is 11.3 Å². The summed E-state index contributed by atoms with van der Waals surface area (Å²) in [5.74, 6) is -0.337. The molecule has 0 unspecified atom stereocenters. The Balaban J connectivity index is 1.26. The fourth-order valence-corrected chi connectivity index (χ4v) is 6.18. The lowest BCUT2D eigenvalue weighted by atomic mass is 10.2. The molecule has 0 saturated carbocycles. The molecule has 0 radical (unpaired) electrons. The monoisotopic (exact) mass is 513 g/mol. The highest BCUT2D eigenvalue weighted by Gasteiger charge is 2.27. The molecule has 3 heterocycles. The van der Waals surface area contributed by atoms with Crippen LogP contribution < -0.4 is 9.62 Å². The van der Waals surface area contributed by atoms with Crippen LogP contribution in [-0.2, 0) is 14.8 Å². The Morgan fingerprint density at radius 1 is 1.11 bits per heavy atom. The highest BCUT2D eigenvalue weighted by Crippen LogP contribution is 2.26. The van der Waals surface area contributed by atoms with Crippen molar-refractivity contribution < 1.29 is 17.6 Å². The van der Waals surface area contributed by atoms with E-state index in [0.717, 1.165) is 5.69 Å². The third-order valence-corrected chi connectivity index (χ3v) is 8.38. The fraction of sp³-hybridized carbons (Fsp3) is 0.250. The Labute approximate surface area is 206 Å². The molecule has 8 nitrogen and oxygen atoms in total. The second-order valence-corrected chi connectivity index (χ2v) is 10.9. The summed E-state index contributed by atoms with van der Waals surface area (Å²) < 4.78 is 43.8. The molecule has 0 spiro atoms. The molecule has 1 saturated heterocycles. The molecule has 4 aromatic rings. The zero-order valence-electron chi connectivity index (χ0n) is 19.0. The van der Waals surface area contributed by atoms with E-state index in [4.69, 9.17) is 0 Å². The van der Waals surface area contributed by atoms with E-state index in [9.17, 15) is 17.6 Å². The van der Waals surface area contributed by atoms with E-state index in [2.05, 4.69) is 14.6 Å². The average molecular weight is 514 g/mol. The number of benzene rings is 2. The molecule has 1 atom stereocenters. The Morgan fingerprint density at radius 2 is 1.89 bits per heavy atom. The summed E-state index contributed by atoms with van der Waals surface area (Å²) in [4.78, 5) is 21.2. The van der Waals surface area contributed by atoms with Crippen molar-refractivity contribution in [1.29, 1.82) is 0 Å². The molecule has 1 aliphatic heterocycles. The molecule has 2 aromatic carbocycles. The third kappa shape index (κ3) is 4.61. The van der Waals surface area contributed by atoms with Gasteiger partial charge in [0, 0.05) is 55.0 Å². The van der Waals surface area contributed by atoms with E-state index in [1.54, 1.807) is 51.4 Å². The van der Waals surface area contributed by atoms with Crippen LogP contribution in [-0.4, -0.2) is 55.0 Å². The number of amides is 1. The molecule has 2 aromatic heterocycles. The number of hydrogen-bond acceptors (Lipinski definition) is 6. The first-order valence-corrected chi connectivity index (χ1v) is 13.5. The van der Waals surface area contributed by atoms with Gasteiger partial charge in [-0.25, -0.2) is 17.8 Å². The summed E-state index contributed by atoms with van der Waals surface area (Å²) >= 11 is 1.21. The maximum Gasteiger partial charge on any atom is 0.263 e. The largest absolute Gasteiger partial charge is 0.368 e. The van der Waals surface area contributed by atoms with E-state index in [0.29, 0.717) is 42.2 Å². The lowest BCUT2D eigenvalue weighted by molar-refractivity contribution is -0.134. The topological polar surface area (TPSA) is 87.5 Å². The highest BCUT2D eigenvalue weighted by atomic mass is 32.2. The van der Waals surface area contributed by atoms with Crippen molar-refractivity contribution in [3.63, 3.8) is 0 Å². The molecule has 1 amide bonds. The third-order valence-electron chi connectivity index (χ3n) is 6.22. The van der Waals surface area contributed by atoms with Crippen molar-refractivity contribution in [2.45, 2.75) is 17.9 Å². The van der Waals surface area contributed by atoms with Crippen LogP contribution in [0.3, 0.4) is 0 Å². The van der Waals surface area contributed by atoms with E-state index in [1.807, 2.05) is 19.1 Å². The van der Waals surface area contributed by atoms with Crippen LogP contribution in [0.15, 0.2) is 71.2 Å². The molecule has 0 aliphatic carbocycles. The number of sulfonamides is 1. The first kappa shape index (κ1) is 23.3. The minimum absolute atomic E-state index is 0.0320. The van der Waals surface area contributed by atoms with Crippen molar-refractivity contribution in [2.24, 2.45) is 0 Å². The van der Waals surface area contributed by atoms with Gasteiger partial charge in [-0.2, -0.15) is 0 Å². The molecule has 1 N–H and O–H groups in total. The predicted octanol–water partition coefficient (Wildman–Crippen LogP) is 3.95. The second-order valence-electron chi connectivity index (χ2n) is 8.32. The van der Waals surface area contributed by atoms with Crippen LogP contribution in [0.2, 0.25) is 0 Å². The molecule has 0 bridgehead atoms. The van der Waals surface area contributed by atoms with Gasteiger partial charge in [0.2, 0.25) is 5.91 Å². The Hall–Kier alpha value is -3.44. The predicted molar refractivity (Wildman–Crippen MR) is 135 cm³/mol. The Bertz CT molecular complexity index is 1460. The standard InChI is InChI=1S/C24H24FN5O3S2/c1-17(30-10-8-20-21(25)6-3-7-22(20)30)23(31)29-13-11-28(12-14-29)18-4-2-5-19(16-18)35(32,33)27-24-26-9-15-34-24/h2-10,15-17H,11-14H2,1H3,(H,26,27)/t17-/m1/s1. The number of rotatable bonds is 6. The smallest absolute Gasteiger partial charge is 0.263 e. The molecule has 35 heavy (non-hydrogen) atoms. The van der Waals surface area contributed by atoms with Crippen molar-refractivity contribution in [1.82, 2.24) is 14.5 Å². The lowest BCUT2D eigenvalue weighted by Gasteiger charge is -2.37. The summed E-state index contributed by atoms with van der Waals surface area (Å²) in [7, 11) is -3.75. The number of piperazine rings is 1. The molecule has 1 fully saturated rings. The summed E-state index contributed by atoms with van der Waals surface area (Å²) in [6.07, 6.45) is 3.29. The number of carbonyl (C=O) groups is 1. The number of nitrogens with one attached hydrogen (secondary N) is 1. The maximum absolute atomic E-state index is 14.1. The number of hydrogen-bond donors (Lipinski definition) is 1. The highest BCUT2D eigenvalue weighted by molar-refractivity contribution is 7.93. The normalized spacial score (nSPS) is 15.4. The van der Waals surface area contributed by atoms with Crippen molar-refractivity contribution in [2.75, 3.05) is 35.8 Å². The van der Waals surface area contributed by atoms with Gasteiger partial charge in [-0.1, -0.05) is 12.1 Å². The number of carbonyl (C=O) groups excluding carboxylic acids is 1. The minimum atomic E-state index is -3.75. The molecule has 11 heteroatoms. The molecular weight excluding hydrogens is 489 g/mol. The van der Waals surface area contributed by atoms with Gasteiger partial charge in [0.15, 0.2) is 5.13 Å². The first-order chi connectivity index (χ1) is 16.8. The zero-order chi connectivity index (χ0) is 24.6. The summed E-state index contributed by atoms with van der Waals surface area (Å²) in [5.41, 5.74) is 1.47. The SMILES string of the molecule is C[C@H](C(=O)N1CCN(c2cccc(S(=O)(=O)Nc3nccs3)c2)CC1)n1ccc2c(F)cccc21. The van der Waals surface area contributed by atoms with Crippen molar-refractivity contribution >= 4 is 49.0 Å². The van der Waals surface area contributed by atoms with Crippen molar-refractivity contribution in [3.8, 4) is 0 Å².